The van der Waals surface area contributed by atoms with E-state index >= 15 is 0 Å². The van der Waals surface area contributed by atoms with Crippen molar-refractivity contribution in [3.8, 4) is 11.5 Å². The molecule has 2 aromatic rings. The monoisotopic (exact) mass is 275 g/mol. The largest absolute Gasteiger partial charge is 0.497 e. The summed E-state index contributed by atoms with van der Waals surface area (Å²) in [6.45, 7) is 0.583. The lowest BCUT2D eigenvalue weighted by Gasteiger charge is -2.28. The maximum Gasteiger partial charge on any atom is 0.144 e. The van der Waals surface area contributed by atoms with Crippen LogP contribution in [0.3, 0.4) is 0 Å². The van der Waals surface area contributed by atoms with Gasteiger partial charge in [-0.3, -0.25) is 0 Å². The molecule has 0 saturated heterocycles. The van der Waals surface area contributed by atoms with Gasteiger partial charge in [0.15, 0.2) is 0 Å². The average molecular weight is 276 g/mol. The smallest absolute Gasteiger partial charge is 0.144 e. The van der Waals surface area contributed by atoms with E-state index in [0.717, 1.165) is 17.2 Å². The van der Waals surface area contributed by atoms with Gasteiger partial charge in [-0.2, -0.15) is 0 Å². The molecule has 0 radical (unpaired) electrons. The Labute approximate surface area is 117 Å². The van der Waals surface area contributed by atoms with Gasteiger partial charge in [0.1, 0.15) is 18.1 Å². The second-order valence-corrected chi connectivity index (χ2v) is 4.86. The van der Waals surface area contributed by atoms with Gasteiger partial charge < -0.3 is 14.8 Å². The van der Waals surface area contributed by atoms with Crippen LogP contribution in [-0.2, 0) is 0 Å². The maximum atomic E-state index is 5.94. The molecule has 0 fully saturated rings. The van der Waals surface area contributed by atoms with Gasteiger partial charge in [0, 0.05) is 11.1 Å². The molecule has 0 saturated carbocycles. The van der Waals surface area contributed by atoms with Gasteiger partial charge in [0.2, 0.25) is 0 Å². The molecule has 0 bridgehead atoms. The number of rotatable bonds is 2. The van der Waals surface area contributed by atoms with Crippen molar-refractivity contribution in [3.05, 3.63) is 53.1 Å². The van der Waals surface area contributed by atoms with Gasteiger partial charge >= 0.3 is 0 Å². The first-order valence-corrected chi connectivity index (χ1v) is 6.47. The van der Waals surface area contributed by atoms with E-state index in [1.165, 1.54) is 5.56 Å². The Hall–Kier alpha value is -1.87. The summed E-state index contributed by atoms with van der Waals surface area (Å²) < 4.78 is 10.9. The quantitative estimate of drug-likeness (QED) is 0.902. The predicted molar refractivity (Wildman–Crippen MR) is 76.3 cm³/mol. The Morgan fingerprint density at radius 3 is 2.74 bits per heavy atom. The standard InChI is InChI=1S/C15H14ClNO2/c1-18-12-5-2-10(3-6-12)14-9-19-15-8-11(16)4-7-13(15)17-14/h2-8,14,17H,9H2,1H3/t14-/m0/s1. The van der Waals surface area contributed by atoms with Crippen molar-refractivity contribution in [1.29, 1.82) is 0 Å². The van der Waals surface area contributed by atoms with Gasteiger partial charge in [0.05, 0.1) is 18.8 Å². The summed E-state index contributed by atoms with van der Waals surface area (Å²) in [5.74, 6) is 1.66. The Kier molecular flexibility index (Phi) is 3.22. The first-order chi connectivity index (χ1) is 9.26. The fourth-order valence-electron chi connectivity index (χ4n) is 2.15. The lowest BCUT2D eigenvalue weighted by Crippen LogP contribution is -2.23. The Morgan fingerprint density at radius 2 is 2.00 bits per heavy atom. The van der Waals surface area contributed by atoms with Gasteiger partial charge in [-0.25, -0.2) is 0 Å². The van der Waals surface area contributed by atoms with E-state index in [-0.39, 0.29) is 6.04 Å². The van der Waals surface area contributed by atoms with Gasteiger partial charge in [-0.15, -0.1) is 0 Å². The fourth-order valence-corrected chi connectivity index (χ4v) is 2.32. The van der Waals surface area contributed by atoms with Crippen LogP contribution in [0.25, 0.3) is 0 Å². The zero-order valence-electron chi connectivity index (χ0n) is 10.5. The second-order valence-electron chi connectivity index (χ2n) is 4.42. The molecule has 2 aromatic carbocycles. The highest BCUT2D eigenvalue weighted by Crippen LogP contribution is 2.35. The second kappa shape index (κ2) is 5.02. The summed E-state index contributed by atoms with van der Waals surface area (Å²) in [6.07, 6.45) is 0. The van der Waals surface area contributed by atoms with Crippen molar-refractivity contribution in [3.63, 3.8) is 0 Å². The van der Waals surface area contributed by atoms with Gasteiger partial charge in [0.25, 0.3) is 0 Å². The molecule has 98 valence electrons. The minimum atomic E-state index is 0.139. The van der Waals surface area contributed by atoms with Gasteiger partial charge in [-0.05, 0) is 29.8 Å². The number of benzene rings is 2. The number of fused-ring (bicyclic) bond motifs is 1. The van der Waals surface area contributed by atoms with Crippen LogP contribution < -0.4 is 14.8 Å². The molecular formula is C15H14ClNO2. The van der Waals surface area contributed by atoms with Crippen molar-refractivity contribution in [2.45, 2.75) is 6.04 Å². The summed E-state index contributed by atoms with van der Waals surface area (Å²) in [5, 5.41) is 4.14. The molecule has 0 unspecified atom stereocenters. The Morgan fingerprint density at radius 1 is 1.21 bits per heavy atom. The van der Waals surface area contributed by atoms with Crippen LogP contribution in [0.5, 0.6) is 11.5 Å². The van der Waals surface area contributed by atoms with E-state index in [4.69, 9.17) is 21.1 Å². The minimum Gasteiger partial charge on any atom is -0.497 e. The molecule has 0 aliphatic carbocycles. The molecule has 1 heterocycles. The summed E-state index contributed by atoms with van der Waals surface area (Å²) in [4.78, 5) is 0. The van der Waals surface area contributed by atoms with E-state index in [0.29, 0.717) is 11.6 Å². The number of anilines is 1. The summed E-state index contributed by atoms with van der Waals surface area (Å²) in [7, 11) is 1.66. The highest BCUT2D eigenvalue weighted by molar-refractivity contribution is 6.30. The normalized spacial score (nSPS) is 17.1. The number of nitrogens with one attached hydrogen (secondary N) is 1. The third-order valence-corrected chi connectivity index (χ3v) is 3.43. The number of hydrogen-bond acceptors (Lipinski definition) is 3. The van der Waals surface area contributed by atoms with Crippen LogP contribution in [0.2, 0.25) is 5.02 Å². The molecule has 1 atom stereocenters. The van der Waals surface area contributed by atoms with Crippen molar-refractivity contribution >= 4 is 17.3 Å². The SMILES string of the molecule is COc1ccc([C@@H]2COc3cc(Cl)ccc3N2)cc1. The number of methoxy groups -OCH3 is 1. The summed E-state index contributed by atoms with van der Waals surface area (Å²) in [5.41, 5.74) is 2.14. The molecule has 19 heavy (non-hydrogen) atoms. The van der Waals surface area contributed by atoms with Crippen LogP contribution in [0.4, 0.5) is 5.69 Å². The molecule has 1 aliphatic rings. The van der Waals surface area contributed by atoms with E-state index < -0.39 is 0 Å². The zero-order chi connectivity index (χ0) is 13.2. The maximum absolute atomic E-state index is 5.94. The number of halogens is 1. The third kappa shape index (κ3) is 2.47. The molecule has 0 amide bonds. The molecule has 1 N–H and O–H groups in total. The average Bonchev–Trinajstić information content (AvgIpc) is 2.47. The highest BCUT2D eigenvalue weighted by atomic mass is 35.5. The van der Waals surface area contributed by atoms with Crippen LogP contribution >= 0.6 is 11.6 Å². The topological polar surface area (TPSA) is 30.5 Å². The van der Waals surface area contributed by atoms with E-state index in [1.807, 2.05) is 42.5 Å². The Balaban J connectivity index is 1.82. The molecule has 4 heteroatoms. The number of ether oxygens (including phenoxy) is 2. The highest BCUT2D eigenvalue weighted by Gasteiger charge is 2.20. The number of hydrogen-bond donors (Lipinski definition) is 1. The van der Waals surface area contributed by atoms with Gasteiger partial charge in [-0.1, -0.05) is 23.7 Å². The van der Waals surface area contributed by atoms with Crippen LogP contribution in [-0.4, -0.2) is 13.7 Å². The van der Waals surface area contributed by atoms with Crippen molar-refractivity contribution in [1.82, 2.24) is 0 Å². The fraction of sp³-hybridized carbons (Fsp3) is 0.200. The van der Waals surface area contributed by atoms with Crippen molar-refractivity contribution < 1.29 is 9.47 Å². The third-order valence-electron chi connectivity index (χ3n) is 3.20. The summed E-state index contributed by atoms with van der Waals surface area (Å²) >= 11 is 5.94. The van der Waals surface area contributed by atoms with Crippen LogP contribution in [0.15, 0.2) is 42.5 Å². The summed E-state index contributed by atoms with van der Waals surface area (Å²) in [6, 6.07) is 13.7. The van der Waals surface area contributed by atoms with E-state index in [9.17, 15) is 0 Å². The van der Waals surface area contributed by atoms with Crippen molar-refractivity contribution in [2.75, 3.05) is 19.0 Å². The molecule has 3 rings (SSSR count). The first kappa shape index (κ1) is 12.2. The molecule has 3 nitrogen and oxygen atoms in total. The Bertz CT molecular complexity index is 583. The van der Waals surface area contributed by atoms with Crippen LogP contribution in [0, 0.1) is 0 Å². The lowest BCUT2D eigenvalue weighted by molar-refractivity contribution is 0.286. The van der Waals surface area contributed by atoms with E-state index in [2.05, 4.69) is 5.32 Å². The molecule has 0 spiro atoms. The van der Waals surface area contributed by atoms with Crippen molar-refractivity contribution in [2.24, 2.45) is 0 Å². The van der Waals surface area contributed by atoms with E-state index in [1.54, 1.807) is 7.11 Å². The van der Waals surface area contributed by atoms with Crippen LogP contribution in [0.1, 0.15) is 11.6 Å². The first-order valence-electron chi connectivity index (χ1n) is 6.09. The minimum absolute atomic E-state index is 0.139. The molecular weight excluding hydrogens is 262 g/mol. The molecule has 0 aromatic heterocycles. The zero-order valence-corrected chi connectivity index (χ0v) is 11.3. The lowest BCUT2D eigenvalue weighted by atomic mass is 10.1. The molecule has 1 aliphatic heterocycles. The predicted octanol–water partition coefficient (Wildman–Crippen LogP) is 3.89.